The number of hydrogen-bond donors (Lipinski definition) is 1. The molecule has 5 nitrogen and oxygen atoms in total. The molecule has 1 heterocycles. The van der Waals surface area contributed by atoms with Crippen molar-refractivity contribution < 1.29 is 15.0 Å². The van der Waals surface area contributed by atoms with E-state index in [9.17, 15) is 10.1 Å². The van der Waals surface area contributed by atoms with Gasteiger partial charge in [0, 0.05) is 29.7 Å². The van der Waals surface area contributed by atoms with Gasteiger partial charge in [-0.3, -0.25) is 10.1 Å². The molecule has 0 aromatic heterocycles. The van der Waals surface area contributed by atoms with Crippen LogP contribution in [-0.2, 0) is 0 Å². The predicted molar refractivity (Wildman–Crippen MR) is 75.4 cm³/mol. The Morgan fingerprint density at radius 2 is 2.30 bits per heavy atom. The van der Waals surface area contributed by atoms with E-state index >= 15 is 0 Å². The second kappa shape index (κ2) is 4.90. The Morgan fingerprint density at radius 1 is 1.45 bits per heavy atom. The molecule has 1 fully saturated rings. The van der Waals surface area contributed by atoms with Gasteiger partial charge in [-0.1, -0.05) is 0 Å². The zero-order chi connectivity index (χ0) is 14.2. The standard InChI is InChI=1S/C15H18N2O3/c1-2-16-15-8-4-3-5-12(15)9-11-10-13(17(18)19)6-7-14(11)20-15/h6-7,9-10,16H,2-5,8H2,1H3/p+1/t15-/m1/s1. The second-order valence-corrected chi connectivity index (χ2v) is 5.46. The number of benzene rings is 1. The SMILES string of the molecule is CC[NH2+][C@@]12CCCCC1=Cc1cc([N+](=O)[O-])ccc1O2. The highest BCUT2D eigenvalue weighted by Crippen LogP contribution is 2.41. The molecule has 0 spiro atoms. The highest BCUT2D eigenvalue weighted by atomic mass is 16.6. The van der Waals surface area contributed by atoms with Crippen molar-refractivity contribution in [2.75, 3.05) is 6.54 Å². The third-order valence-corrected chi connectivity index (χ3v) is 4.15. The lowest BCUT2D eigenvalue weighted by atomic mass is 9.83. The first-order chi connectivity index (χ1) is 9.64. The van der Waals surface area contributed by atoms with E-state index in [4.69, 9.17) is 4.74 Å². The minimum Gasteiger partial charge on any atom is -0.436 e. The molecule has 1 aliphatic heterocycles. The number of nitrogens with two attached hydrogens (primary N) is 1. The van der Waals surface area contributed by atoms with Crippen LogP contribution in [0.5, 0.6) is 5.75 Å². The van der Waals surface area contributed by atoms with Crippen LogP contribution in [0.1, 0.15) is 38.2 Å². The Bertz CT molecular complexity index is 578. The minimum absolute atomic E-state index is 0.118. The molecule has 106 valence electrons. The number of fused-ring (bicyclic) bond motifs is 2. The van der Waals surface area contributed by atoms with Crippen LogP contribution >= 0.6 is 0 Å². The maximum Gasteiger partial charge on any atom is 0.270 e. The van der Waals surface area contributed by atoms with Crippen molar-refractivity contribution in [1.82, 2.24) is 0 Å². The van der Waals surface area contributed by atoms with Gasteiger partial charge in [0.25, 0.3) is 11.4 Å². The number of nitro benzene ring substituents is 1. The fourth-order valence-corrected chi connectivity index (χ4v) is 3.23. The zero-order valence-corrected chi connectivity index (χ0v) is 11.6. The second-order valence-electron chi connectivity index (χ2n) is 5.46. The molecule has 3 rings (SSSR count). The molecule has 0 saturated heterocycles. The zero-order valence-electron chi connectivity index (χ0n) is 11.6. The Hall–Kier alpha value is -1.88. The minimum atomic E-state index is -0.361. The van der Waals surface area contributed by atoms with Crippen LogP contribution in [0, 0.1) is 10.1 Å². The molecule has 1 aromatic carbocycles. The summed E-state index contributed by atoms with van der Waals surface area (Å²) in [6.07, 6.45) is 6.44. The number of nitrogens with zero attached hydrogens (tertiary/aromatic N) is 1. The van der Waals surface area contributed by atoms with Gasteiger partial charge in [0.1, 0.15) is 5.75 Å². The van der Waals surface area contributed by atoms with Crippen molar-refractivity contribution in [2.45, 2.75) is 38.3 Å². The molecule has 1 aliphatic carbocycles. The molecule has 0 bridgehead atoms. The van der Waals surface area contributed by atoms with Crippen LogP contribution in [0.25, 0.3) is 6.08 Å². The molecular weight excluding hydrogens is 256 g/mol. The van der Waals surface area contributed by atoms with Crippen LogP contribution in [0.4, 0.5) is 5.69 Å². The van der Waals surface area contributed by atoms with Crippen LogP contribution in [0.15, 0.2) is 23.8 Å². The van der Waals surface area contributed by atoms with E-state index in [1.54, 1.807) is 12.1 Å². The summed E-state index contributed by atoms with van der Waals surface area (Å²) in [4.78, 5) is 10.5. The van der Waals surface area contributed by atoms with Gasteiger partial charge >= 0.3 is 0 Å². The highest BCUT2D eigenvalue weighted by molar-refractivity contribution is 5.66. The summed E-state index contributed by atoms with van der Waals surface area (Å²) in [7, 11) is 0. The van der Waals surface area contributed by atoms with Crippen molar-refractivity contribution in [1.29, 1.82) is 0 Å². The Kier molecular flexibility index (Phi) is 3.22. The van der Waals surface area contributed by atoms with Gasteiger partial charge < -0.3 is 10.1 Å². The lowest BCUT2D eigenvalue weighted by molar-refractivity contribution is -0.751. The van der Waals surface area contributed by atoms with E-state index < -0.39 is 0 Å². The Balaban J connectivity index is 2.04. The van der Waals surface area contributed by atoms with E-state index in [0.717, 1.165) is 37.1 Å². The van der Waals surface area contributed by atoms with E-state index in [-0.39, 0.29) is 16.3 Å². The van der Waals surface area contributed by atoms with Gasteiger partial charge in [-0.2, -0.15) is 0 Å². The maximum absolute atomic E-state index is 10.9. The van der Waals surface area contributed by atoms with Crippen LogP contribution in [0.3, 0.4) is 0 Å². The van der Waals surface area contributed by atoms with E-state index in [0.29, 0.717) is 0 Å². The first-order valence-corrected chi connectivity index (χ1v) is 7.17. The summed E-state index contributed by atoms with van der Waals surface area (Å²) >= 11 is 0. The van der Waals surface area contributed by atoms with Crippen molar-refractivity contribution in [3.05, 3.63) is 39.4 Å². The molecule has 1 aromatic rings. The number of rotatable bonds is 3. The topological polar surface area (TPSA) is 69.0 Å². The molecule has 20 heavy (non-hydrogen) atoms. The lowest BCUT2D eigenvalue weighted by Crippen LogP contribution is -2.99. The molecule has 0 radical (unpaired) electrons. The van der Waals surface area contributed by atoms with Crippen LogP contribution < -0.4 is 10.1 Å². The van der Waals surface area contributed by atoms with Crippen molar-refractivity contribution in [3.63, 3.8) is 0 Å². The summed E-state index contributed by atoms with van der Waals surface area (Å²) in [5.41, 5.74) is 1.93. The molecule has 2 N–H and O–H groups in total. The van der Waals surface area contributed by atoms with Gasteiger partial charge in [0.05, 0.1) is 11.5 Å². The van der Waals surface area contributed by atoms with Crippen molar-refractivity contribution in [3.8, 4) is 5.75 Å². The summed E-state index contributed by atoms with van der Waals surface area (Å²) < 4.78 is 6.25. The van der Waals surface area contributed by atoms with E-state index in [2.05, 4.69) is 18.3 Å². The van der Waals surface area contributed by atoms with Gasteiger partial charge in [0.15, 0.2) is 0 Å². The molecule has 5 heteroatoms. The fourth-order valence-electron chi connectivity index (χ4n) is 3.23. The number of nitro groups is 1. The summed E-state index contributed by atoms with van der Waals surface area (Å²) in [5, 5.41) is 13.1. The van der Waals surface area contributed by atoms with Crippen molar-refractivity contribution in [2.24, 2.45) is 0 Å². The number of hydrogen-bond acceptors (Lipinski definition) is 3. The summed E-state index contributed by atoms with van der Waals surface area (Å²) in [6, 6.07) is 4.84. The number of non-ortho nitro benzene ring substituents is 1. The molecule has 2 aliphatic rings. The molecule has 0 unspecified atom stereocenters. The normalized spacial score (nSPS) is 24.1. The monoisotopic (exact) mass is 275 g/mol. The molecule has 1 saturated carbocycles. The summed E-state index contributed by atoms with van der Waals surface area (Å²) in [5.74, 6) is 0.756. The van der Waals surface area contributed by atoms with Crippen LogP contribution in [0.2, 0.25) is 0 Å². The Morgan fingerprint density at radius 3 is 3.05 bits per heavy atom. The third-order valence-electron chi connectivity index (χ3n) is 4.15. The average molecular weight is 275 g/mol. The maximum atomic E-state index is 10.9. The van der Waals surface area contributed by atoms with Crippen LogP contribution in [-0.4, -0.2) is 17.2 Å². The smallest absolute Gasteiger partial charge is 0.270 e. The quantitative estimate of drug-likeness (QED) is 0.679. The molecule has 0 amide bonds. The fraction of sp³-hybridized carbons (Fsp3) is 0.467. The first kappa shape index (κ1) is 13.1. The largest absolute Gasteiger partial charge is 0.436 e. The Labute approximate surface area is 117 Å². The van der Waals surface area contributed by atoms with Gasteiger partial charge in [0.2, 0.25) is 0 Å². The van der Waals surface area contributed by atoms with Gasteiger partial charge in [-0.15, -0.1) is 0 Å². The number of ether oxygens (including phenoxy) is 1. The highest BCUT2D eigenvalue weighted by Gasteiger charge is 2.44. The number of likely N-dealkylation sites (N-methyl/N-ethyl adjacent to an activating group) is 1. The van der Waals surface area contributed by atoms with Gasteiger partial charge in [-0.25, -0.2) is 0 Å². The van der Waals surface area contributed by atoms with E-state index in [1.807, 2.05) is 0 Å². The lowest BCUT2D eigenvalue weighted by Gasteiger charge is -2.39. The predicted octanol–water partition coefficient (Wildman–Crippen LogP) is 2.22. The molecule has 1 atom stereocenters. The average Bonchev–Trinajstić information content (AvgIpc) is 2.44. The van der Waals surface area contributed by atoms with Gasteiger partial charge in [-0.05, 0) is 38.3 Å². The van der Waals surface area contributed by atoms with Crippen molar-refractivity contribution >= 4 is 11.8 Å². The third kappa shape index (κ3) is 2.08. The molecular formula is C15H19N2O3+. The summed E-state index contributed by atoms with van der Waals surface area (Å²) in [6.45, 7) is 3.08. The number of quaternary nitrogens is 1. The first-order valence-electron chi connectivity index (χ1n) is 7.17. The van der Waals surface area contributed by atoms with E-state index in [1.165, 1.54) is 18.1 Å².